The monoisotopic (exact) mass is 470 g/mol. The van der Waals surface area contributed by atoms with E-state index in [4.69, 9.17) is 9.47 Å². The molecule has 1 fully saturated rings. The molecule has 182 valence electrons. The number of amides is 3. The van der Waals surface area contributed by atoms with Crippen LogP contribution in [0.15, 0.2) is 23.0 Å². The maximum Gasteiger partial charge on any atom is 0.409 e. The Hall–Kier alpha value is -3.58. The maximum atomic E-state index is 12.8. The molecule has 1 unspecified atom stereocenters. The Morgan fingerprint density at radius 3 is 2.76 bits per heavy atom. The van der Waals surface area contributed by atoms with Crippen LogP contribution in [0.4, 0.5) is 4.79 Å². The summed E-state index contributed by atoms with van der Waals surface area (Å²) >= 11 is 0. The summed E-state index contributed by atoms with van der Waals surface area (Å²) in [6.45, 7) is 3.36. The van der Waals surface area contributed by atoms with E-state index in [0.29, 0.717) is 36.4 Å². The van der Waals surface area contributed by atoms with Crippen LogP contribution in [0.1, 0.15) is 44.2 Å². The summed E-state index contributed by atoms with van der Waals surface area (Å²) in [6.07, 6.45) is 1.92. The standard InChI is InChI=1S/C24H30N4O6/c1-4-5-14-34-24(32)26(2)12-15-33-13-6-7-17-8-9-18-20(16-17)27(3)23(31)28(18)19-10-11-21(29)25-22(19)30/h8-9,16,19H,4-5,10-15H2,1-3H3,(H,25,29,30). The molecule has 1 aliphatic heterocycles. The van der Waals surface area contributed by atoms with E-state index in [2.05, 4.69) is 17.2 Å². The number of carbonyl (C=O) groups excluding carboxylic acids is 3. The number of nitrogens with one attached hydrogen (secondary N) is 1. The zero-order valence-corrected chi connectivity index (χ0v) is 19.8. The number of hydrogen-bond donors (Lipinski definition) is 1. The molecular weight excluding hydrogens is 440 g/mol. The van der Waals surface area contributed by atoms with E-state index >= 15 is 0 Å². The van der Waals surface area contributed by atoms with Gasteiger partial charge in [0.15, 0.2) is 0 Å². The van der Waals surface area contributed by atoms with E-state index in [-0.39, 0.29) is 37.1 Å². The van der Waals surface area contributed by atoms with Crippen LogP contribution in [0.5, 0.6) is 0 Å². The number of likely N-dealkylation sites (N-methyl/N-ethyl adjacent to an activating group) is 1. The van der Waals surface area contributed by atoms with Crippen LogP contribution in [-0.4, -0.2) is 65.4 Å². The summed E-state index contributed by atoms with van der Waals surface area (Å²) in [5, 5.41) is 2.30. The number of fused-ring (bicyclic) bond motifs is 1. The molecular formula is C24H30N4O6. The molecule has 3 amide bonds. The minimum Gasteiger partial charge on any atom is -0.449 e. The van der Waals surface area contributed by atoms with Crippen LogP contribution in [0.2, 0.25) is 0 Å². The fourth-order valence-electron chi connectivity index (χ4n) is 3.64. The third-order valence-electron chi connectivity index (χ3n) is 5.62. The van der Waals surface area contributed by atoms with Crippen LogP contribution in [0.25, 0.3) is 11.0 Å². The first-order chi connectivity index (χ1) is 16.3. The van der Waals surface area contributed by atoms with Crippen LogP contribution in [0, 0.1) is 11.8 Å². The maximum absolute atomic E-state index is 12.8. The van der Waals surface area contributed by atoms with Crippen LogP contribution in [0.3, 0.4) is 0 Å². The quantitative estimate of drug-likeness (QED) is 0.356. The number of aromatic nitrogens is 2. The SMILES string of the molecule is CCCCOC(=O)N(C)CCOCC#Cc1ccc2c(c1)n(C)c(=O)n2C1CCC(=O)NC1=O. The summed E-state index contributed by atoms with van der Waals surface area (Å²) in [7, 11) is 3.29. The minimum absolute atomic E-state index is 0.187. The smallest absolute Gasteiger partial charge is 0.409 e. The van der Waals surface area contributed by atoms with Gasteiger partial charge in [0, 0.05) is 32.6 Å². The van der Waals surface area contributed by atoms with Gasteiger partial charge in [-0.3, -0.25) is 24.0 Å². The van der Waals surface area contributed by atoms with Gasteiger partial charge >= 0.3 is 11.8 Å². The molecule has 0 bridgehead atoms. The number of rotatable bonds is 8. The van der Waals surface area contributed by atoms with Gasteiger partial charge in [0.2, 0.25) is 11.8 Å². The summed E-state index contributed by atoms with van der Waals surface area (Å²) in [5.74, 6) is 5.14. The summed E-state index contributed by atoms with van der Waals surface area (Å²) in [5.41, 5.74) is 1.63. The van der Waals surface area contributed by atoms with E-state index in [9.17, 15) is 19.2 Å². The lowest BCUT2D eigenvalue weighted by Gasteiger charge is -2.21. The highest BCUT2D eigenvalue weighted by Gasteiger charge is 2.31. The second kappa shape index (κ2) is 11.5. The van der Waals surface area contributed by atoms with Gasteiger partial charge in [-0.05, 0) is 31.0 Å². The van der Waals surface area contributed by atoms with Gasteiger partial charge in [-0.25, -0.2) is 9.59 Å². The third-order valence-corrected chi connectivity index (χ3v) is 5.62. The Balaban J connectivity index is 1.59. The van der Waals surface area contributed by atoms with Crippen LogP contribution >= 0.6 is 0 Å². The molecule has 0 aliphatic carbocycles. The molecule has 10 nitrogen and oxygen atoms in total. The van der Waals surface area contributed by atoms with Gasteiger partial charge in [0.05, 0.1) is 24.2 Å². The molecule has 2 aromatic rings. The number of benzene rings is 1. The normalized spacial score (nSPS) is 15.6. The number of hydrogen-bond acceptors (Lipinski definition) is 6. The van der Waals surface area contributed by atoms with Gasteiger partial charge in [0.1, 0.15) is 12.6 Å². The highest BCUT2D eigenvalue weighted by Crippen LogP contribution is 2.23. The zero-order chi connectivity index (χ0) is 24.7. The Morgan fingerprint density at radius 2 is 2.03 bits per heavy atom. The largest absolute Gasteiger partial charge is 0.449 e. The van der Waals surface area contributed by atoms with Crippen molar-refractivity contribution in [1.82, 2.24) is 19.4 Å². The van der Waals surface area contributed by atoms with Crippen molar-refractivity contribution in [1.29, 1.82) is 0 Å². The number of imide groups is 1. The highest BCUT2D eigenvalue weighted by atomic mass is 16.6. The van der Waals surface area contributed by atoms with Gasteiger partial charge in [-0.15, -0.1) is 0 Å². The summed E-state index contributed by atoms with van der Waals surface area (Å²) < 4.78 is 13.5. The number of carbonyl (C=O) groups is 3. The van der Waals surface area contributed by atoms with E-state index in [1.54, 1.807) is 32.3 Å². The molecule has 1 atom stereocenters. The van der Waals surface area contributed by atoms with Crippen molar-refractivity contribution in [2.45, 2.75) is 38.6 Å². The molecule has 0 radical (unpaired) electrons. The summed E-state index contributed by atoms with van der Waals surface area (Å²) in [6, 6.07) is 4.59. The van der Waals surface area contributed by atoms with Crippen molar-refractivity contribution in [3.63, 3.8) is 0 Å². The summed E-state index contributed by atoms with van der Waals surface area (Å²) in [4.78, 5) is 49.8. The predicted molar refractivity (Wildman–Crippen MR) is 125 cm³/mol. The molecule has 1 aromatic carbocycles. The Bertz CT molecular complexity index is 1190. The lowest BCUT2D eigenvalue weighted by molar-refractivity contribution is -0.135. The van der Waals surface area contributed by atoms with Gasteiger partial charge < -0.3 is 14.4 Å². The van der Waals surface area contributed by atoms with E-state index in [0.717, 1.165) is 12.8 Å². The second-order valence-corrected chi connectivity index (χ2v) is 8.13. The number of imidazole rings is 1. The van der Waals surface area contributed by atoms with E-state index in [1.807, 2.05) is 6.92 Å². The lowest BCUT2D eigenvalue weighted by Crippen LogP contribution is -2.44. The molecule has 1 saturated heterocycles. The first-order valence-corrected chi connectivity index (χ1v) is 11.3. The van der Waals surface area contributed by atoms with Crippen LogP contribution < -0.4 is 11.0 Å². The molecule has 1 aliphatic rings. The Kier molecular flexibility index (Phi) is 8.49. The fourth-order valence-corrected chi connectivity index (χ4v) is 3.64. The molecule has 34 heavy (non-hydrogen) atoms. The van der Waals surface area contributed by atoms with Crippen molar-refractivity contribution in [3.05, 3.63) is 34.2 Å². The van der Waals surface area contributed by atoms with Crippen molar-refractivity contribution in [2.24, 2.45) is 7.05 Å². The molecule has 0 saturated carbocycles. The molecule has 3 rings (SSSR count). The molecule has 10 heteroatoms. The molecule has 1 N–H and O–H groups in total. The van der Waals surface area contributed by atoms with Crippen molar-refractivity contribution in [2.75, 3.05) is 33.4 Å². The number of unbranched alkanes of at least 4 members (excludes halogenated alkanes) is 1. The average molecular weight is 471 g/mol. The fraction of sp³-hybridized carbons (Fsp3) is 0.500. The third kappa shape index (κ3) is 5.85. The van der Waals surface area contributed by atoms with Gasteiger partial charge in [-0.1, -0.05) is 25.2 Å². The zero-order valence-electron chi connectivity index (χ0n) is 19.8. The molecule has 1 aromatic heterocycles. The predicted octanol–water partition coefficient (Wildman–Crippen LogP) is 1.55. The Morgan fingerprint density at radius 1 is 1.24 bits per heavy atom. The second-order valence-electron chi connectivity index (χ2n) is 8.13. The molecule has 0 spiro atoms. The van der Waals surface area contributed by atoms with Crippen molar-refractivity contribution >= 4 is 28.9 Å². The van der Waals surface area contributed by atoms with E-state index in [1.165, 1.54) is 14.0 Å². The van der Waals surface area contributed by atoms with E-state index < -0.39 is 11.9 Å². The topological polar surface area (TPSA) is 112 Å². The number of piperidine rings is 1. The van der Waals surface area contributed by atoms with Gasteiger partial charge in [0.25, 0.3) is 0 Å². The lowest BCUT2D eigenvalue weighted by atomic mass is 10.1. The number of aryl methyl sites for hydroxylation is 1. The highest BCUT2D eigenvalue weighted by molar-refractivity contribution is 6.00. The molecule has 2 heterocycles. The van der Waals surface area contributed by atoms with Crippen molar-refractivity contribution in [3.8, 4) is 11.8 Å². The average Bonchev–Trinajstić information content (AvgIpc) is 3.06. The first-order valence-electron chi connectivity index (χ1n) is 11.3. The van der Waals surface area contributed by atoms with Crippen molar-refractivity contribution < 1.29 is 23.9 Å². The Labute approximate surface area is 197 Å². The first kappa shape index (κ1) is 25.1. The minimum atomic E-state index is -0.721. The number of nitrogens with zero attached hydrogens (tertiary/aromatic N) is 3. The van der Waals surface area contributed by atoms with Crippen LogP contribution in [-0.2, 0) is 26.1 Å². The van der Waals surface area contributed by atoms with Gasteiger partial charge in [-0.2, -0.15) is 0 Å². The number of ether oxygens (including phenoxy) is 2.